The number of fused-ring (bicyclic) bond motifs is 2. The molecular weight excluding hydrogens is 455 g/mol. The molecule has 1 N–H and O–H groups in total. The lowest BCUT2D eigenvalue weighted by atomic mass is 9.71. The first-order valence-electron chi connectivity index (χ1n) is 12.0. The van der Waals surface area contributed by atoms with Crippen molar-refractivity contribution in [1.29, 1.82) is 5.26 Å². The van der Waals surface area contributed by atoms with Crippen LogP contribution in [0.25, 0.3) is 32.9 Å². The number of aromatic nitrogens is 3. The van der Waals surface area contributed by atoms with Crippen LogP contribution in [-0.2, 0) is 4.79 Å². The molecule has 0 saturated carbocycles. The zero-order valence-corrected chi connectivity index (χ0v) is 20.2. The lowest BCUT2D eigenvalue weighted by molar-refractivity contribution is -0.145. The summed E-state index contributed by atoms with van der Waals surface area (Å²) in [7, 11) is 0. The number of halogens is 1. The van der Waals surface area contributed by atoms with Gasteiger partial charge in [0.15, 0.2) is 0 Å². The standard InChI is InChI=1S/C28H25FN6O/c1-4-23(36)35-15-28(17(35)3)10-11-34(14-28)27-19(12-30)25(18-6-5-7-21(29)26(18)32-27)24-16(2)8-9-22-20(24)13-31-33-22/h4-9,13,17H,1,10-11,14-15H2,2-3H3,(H,31,33)/t17-,28+/m1/s1. The summed E-state index contributed by atoms with van der Waals surface area (Å²) in [5.74, 6) is -0.00563. The van der Waals surface area contributed by atoms with Crippen LogP contribution in [0.3, 0.4) is 0 Å². The van der Waals surface area contributed by atoms with Crippen molar-refractivity contribution in [3.05, 3.63) is 66.1 Å². The van der Waals surface area contributed by atoms with Gasteiger partial charge in [-0.1, -0.05) is 24.8 Å². The molecule has 2 atom stereocenters. The Hall–Kier alpha value is -4.25. The van der Waals surface area contributed by atoms with Crippen molar-refractivity contribution in [1.82, 2.24) is 20.1 Å². The van der Waals surface area contributed by atoms with E-state index in [1.54, 1.807) is 12.3 Å². The Morgan fingerprint density at radius 2 is 2.11 bits per heavy atom. The molecule has 2 saturated heterocycles. The summed E-state index contributed by atoms with van der Waals surface area (Å²) in [5, 5.41) is 19.1. The van der Waals surface area contributed by atoms with Gasteiger partial charge in [-0.15, -0.1) is 0 Å². The van der Waals surface area contributed by atoms with Crippen LogP contribution in [0.4, 0.5) is 10.2 Å². The molecule has 2 aromatic heterocycles. The summed E-state index contributed by atoms with van der Waals surface area (Å²) in [6.45, 7) is 9.61. The van der Waals surface area contributed by atoms with E-state index in [0.29, 0.717) is 42.0 Å². The van der Waals surface area contributed by atoms with Crippen LogP contribution in [0.1, 0.15) is 24.5 Å². The predicted molar refractivity (Wildman–Crippen MR) is 137 cm³/mol. The van der Waals surface area contributed by atoms with Gasteiger partial charge in [0, 0.05) is 47.4 Å². The topological polar surface area (TPSA) is 88.9 Å². The molecule has 6 rings (SSSR count). The minimum Gasteiger partial charge on any atom is -0.355 e. The highest BCUT2D eigenvalue weighted by Gasteiger charge is 2.55. The first-order chi connectivity index (χ1) is 17.4. The number of carbonyl (C=O) groups excluding carboxylic acids is 1. The van der Waals surface area contributed by atoms with E-state index in [4.69, 9.17) is 4.98 Å². The van der Waals surface area contributed by atoms with Crippen molar-refractivity contribution < 1.29 is 9.18 Å². The first kappa shape index (κ1) is 22.2. The molecule has 1 amide bonds. The number of likely N-dealkylation sites (tertiary alicyclic amines) is 1. The fraction of sp³-hybridized carbons (Fsp3) is 0.286. The molecule has 0 aliphatic carbocycles. The summed E-state index contributed by atoms with van der Waals surface area (Å²) >= 11 is 0. The molecule has 2 aliphatic rings. The van der Waals surface area contributed by atoms with E-state index in [1.165, 1.54) is 12.1 Å². The number of anilines is 1. The van der Waals surface area contributed by atoms with Gasteiger partial charge in [0.05, 0.1) is 11.7 Å². The number of pyridine rings is 1. The lowest BCUT2D eigenvalue weighted by Crippen LogP contribution is -2.65. The number of hydrogen-bond acceptors (Lipinski definition) is 5. The van der Waals surface area contributed by atoms with Gasteiger partial charge in [0.1, 0.15) is 28.8 Å². The van der Waals surface area contributed by atoms with Crippen molar-refractivity contribution in [3.8, 4) is 17.2 Å². The average molecular weight is 481 g/mol. The van der Waals surface area contributed by atoms with E-state index in [9.17, 15) is 10.1 Å². The SMILES string of the molecule is C=CC(=O)N1C[C@@]2(CCN(c3nc4c(F)cccc4c(-c4c(C)ccc5[nH]ncc45)c3C#N)C2)[C@H]1C. The van der Waals surface area contributed by atoms with Gasteiger partial charge in [0.2, 0.25) is 5.91 Å². The number of carbonyl (C=O) groups is 1. The molecule has 36 heavy (non-hydrogen) atoms. The van der Waals surface area contributed by atoms with Crippen molar-refractivity contribution >= 4 is 33.5 Å². The smallest absolute Gasteiger partial charge is 0.246 e. The lowest BCUT2D eigenvalue weighted by Gasteiger charge is -2.54. The average Bonchev–Trinajstić information content (AvgIpc) is 3.55. The maximum atomic E-state index is 15.2. The van der Waals surface area contributed by atoms with Gasteiger partial charge < -0.3 is 9.80 Å². The van der Waals surface area contributed by atoms with Crippen LogP contribution in [0, 0.1) is 29.5 Å². The zero-order chi connectivity index (χ0) is 25.2. The second-order valence-corrected chi connectivity index (χ2v) is 9.90. The van der Waals surface area contributed by atoms with Crippen LogP contribution < -0.4 is 4.90 Å². The van der Waals surface area contributed by atoms with Crippen molar-refractivity contribution in [2.75, 3.05) is 24.5 Å². The molecule has 2 aromatic carbocycles. The number of H-pyrrole nitrogens is 1. The van der Waals surface area contributed by atoms with E-state index < -0.39 is 5.82 Å². The fourth-order valence-electron chi connectivity index (χ4n) is 6.05. The Kier molecular flexibility index (Phi) is 4.87. The predicted octanol–water partition coefficient (Wildman–Crippen LogP) is 4.71. The molecular formula is C28H25FN6O. The Labute approximate surface area is 207 Å². The van der Waals surface area contributed by atoms with Gasteiger partial charge in [0.25, 0.3) is 0 Å². The molecule has 2 fully saturated rings. The molecule has 0 radical (unpaired) electrons. The highest BCUT2D eigenvalue weighted by molar-refractivity contribution is 6.08. The fourth-order valence-corrected chi connectivity index (χ4v) is 6.05. The van der Waals surface area contributed by atoms with Crippen LogP contribution in [0.15, 0.2) is 49.2 Å². The monoisotopic (exact) mass is 480 g/mol. The molecule has 180 valence electrons. The number of rotatable bonds is 3. The Bertz CT molecular complexity index is 1620. The van der Waals surface area contributed by atoms with Crippen LogP contribution in [0.2, 0.25) is 0 Å². The number of para-hydroxylation sites is 1. The number of amides is 1. The van der Waals surface area contributed by atoms with Crippen LogP contribution in [0.5, 0.6) is 0 Å². The molecule has 4 heterocycles. The Morgan fingerprint density at radius 1 is 1.28 bits per heavy atom. The third-order valence-electron chi connectivity index (χ3n) is 8.12. The van der Waals surface area contributed by atoms with Gasteiger partial charge in [-0.25, -0.2) is 9.37 Å². The normalized spacial score (nSPS) is 21.2. The van der Waals surface area contributed by atoms with Gasteiger partial charge in [-0.05, 0) is 49.6 Å². The van der Waals surface area contributed by atoms with E-state index >= 15 is 4.39 Å². The highest BCUT2D eigenvalue weighted by atomic mass is 19.1. The number of benzene rings is 2. The van der Waals surface area contributed by atoms with Crippen molar-refractivity contribution in [2.24, 2.45) is 5.41 Å². The number of nitriles is 1. The molecule has 4 aromatic rings. The minimum atomic E-state index is -0.426. The number of nitrogens with one attached hydrogen (secondary N) is 1. The number of nitrogens with zero attached hydrogens (tertiary/aromatic N) is 5. The molecule has 8 heteroatoms. The minimum absolute atomic E-state index is 0.0529. The van der Waals surface area contributed by atoms with E-state index in [0.717, 1.165) is 28.5 Å². The maximum absolute atomic E-state index is 15.2. The largest absolute Gasteiger partial charge is 0.355 e. The quantitative estimate of drug-likeness (QED) is 0.429. The van der Waals surface area contributed by atoms with Gasteiger partial charge in [-0.2, -0.15) is 10.4 Å². The summed E-state index contributed by atoms with van der Waals surface area (Å²) in [6.07, 6.45) is 3.96. The number of aromatic amines is 1. The third kappa shape index (κ3) is 2.99. The maximum Gasteiger partial charge on any atom is 0.246 e. The summed E-state index contributed by atoms with van der Waals surface area (Å²) in [5.41, 5.74) is 3.92. The Balaban J connectivity index is 1.54. The van der Waals surface area contributed by atoms with E-state index in [2.05, 4.69) is 34.7 Å². The van der Waals surface area contributed by atoms with Crippen LogP contribution >= 0.6 is 0 Å². The van der Waals surface area contributed by atoms with E-state index in [1.807, 2.05) is 30.0 Å². The van der Waals surface area contributed by atoms with Crippen molar-refractivity contribution in [3.63, 3.8) is 0 Å². The first-order valence-corrected chi connectivity index (χ1v) is 12.0. The molecule has 0 bridgehead atoms. The second kappa shape index (κ2) is 7.89. The second-order valence-electron chi connectivity index (χ2n) is 9.90. The number of hydrogen-bond donors (Lipinski definition) is 1. The van der Waals surface area contributed by atoms with Gasteiger partial charge in [-0.3, -0.25) is 9.89 Å². The highest BCUT2D eigenvalue weighted by Crippen LogP contribution is 2.48. The Morgan fingerprint density at radius 3 is 2.86 bits per heavy atom. The molecule has 0 unspecified atom stereocenters. The molecule has 7 nitrogen and oxygen atoms in total. The summed E-state index contributed by atoms with van der Waals surface area (Å²) in [6, 6.07) is 11.3. The summed E-state index contributed by atoms with van der Waals surface area (Å²) in [4.78, 5) is 20.8. The molecule has 2 aliphatic heterocycles. The van der Waals surface area contributed by atoms with Crippen molar-refractivity contribution in [2.45, 2.75) is 26.3 Å². The molecule has 1 spiro atoms. The van der Waals surface area contributed by atoms with Gasteiger partial charge >= 0.3 is 0 Å². The third-order valence-corrected chi connectivity index (χ3v) is 8.12. The zero-order valence-electron chi connectivity index (χ0n) is 20.2. The van der Waals surface area contributed by atoms with Crippen LogP contribution in [-0.4, -0.2) is 51.7 Å². The van der Waals surface area contributed by atoms with E-state index in [-0.39, 0.29) is 22.9 Å². The summed E-state index contributed by atoms with van der Waals surface area (Å²) < 4.78 is 15.2. The number of aryl methyl sites for hydroxylation is 1.